The Bertz CT molecular complexity index is 505. The Morgan fingerprint density at radius 1 is 1.26 bits per heavy atom. The molecular weight excluding hydrogens is 234 g/mol. The van der Waals surface area contributed by atoms with Crippen molar-refractivity contribution < 1.29 is 0 Å². The number of nitrogens with one attached hydrogen (secondary N) is 1. The molecule has 0 unspecified atom stereocenters. The van der Waals surface area contributed by atoms with Crippen molar-refractivity contribution in [3.63, 3.8) is 0 Å². The van der Waals surface area contributed by atoms with Crippen LogP contribution in [0.2, 0.25) is 0 Å². The van der Waals surface area contributed by atoms with Gasteiger partial charge in [-0.2, -0.15) is 0 Å². The molecule has 0 radical (unpaired) electrons. The average molecular weight is 257 g/mol. The largest absolute Gasteiger partial charge is 0.311 e. The van der Waals surface area contributed by atoms with Crippen LogP contribution in [0.25, 0.3) is 5.65 Å². The van der Waals surface area contributed by atoms with Crippen LogP contribution in [0.15, 0.2) is 30.6 Å². The van der Waals surface area contributed by atoms with Crippen molar-refractivity contribution in [3.05, 3.63) is 36.3 Å². The Morgan fingerprint density at radius 3 is 2.89 bits per heavy atom. The first-order valence-corrected chi connectivity index (χ1v) is 7.39. The maximum Gasteiger partial charge on any atom is 0.137 e. The lowest BCUT2D eigenvalue weighted by Crippen LogP contribution is -2.33. The Kier molecular flexibility index (Phi) is 3.56. The lowest BCUT2D eigenvalue weighted by atomic mass is 9.76. The maximum atomic E-state index is 4.62. The lowest BCUT2D eigenvalue weighted by Gasteiger charge is -2.33. The van der Waals surface area contributed by atoms with E-state index in [9.17, 15) is 0 Å². The van der Waals surface area contributed by atoms with Crippen LogP contribution in [0.5, 0.6) is 0 Å². The van der Waals surface area contributed by atoms with Crippen LogP contribution in [0.4, 0.5) is 0 Å². The van der Waals surface area contributed by atoms with Crippen molar-refractivity contribution in [1.29, 1.82) is 0 Å². The molecule has 0 amide bonds. The Labute approximate surface area is 115 Å². The number of nitrogens with zero attached hydrogens (tertiary/aromatic N) is 2. The average Bonchev–Trinajstić information content (AvgIpc) is 2.82. The van der Waals surface area contributed by atoms with E-state index in [0.717, 1.165) is 24.4 Å². The van der Waals surface area contributed by atoms with Gasteiger partial charge < -0.3 is 9.72 Å². The minimum Gasteiger partial charge on any atom is -0.311 e. The third-order valence-electron chi connectivity index (χ3n) is 4.33. The van der Waals surface area contributed by atoms with Gasteiger partial charge in [-0.05, 0) is 30.4 Å². The van der Waals surface area contributed by atoms with Gasteiger partial charge in [0.15, 0.2) is 0 Å². The molecule has 2 aromatic heterocycles. The second-order valence-electron chi connectivity index (χ2n) is 6.17. The number of hydrogen-bond donors (Lipinski definition) is 1. The molecule has 1 fully saturated rings. The highest BCUT2D eigenvalue weighted by atomic mass is 15.0. The van der Waals surface area contributed by atoms with E-state index in [4.69, 9.17) is 0 Å². The zero-order valence-electron chi connectivity index (χ0n) is 11.7. The molecule has 1 saturated carbocycles. The van der Waals surface area contributed by atoms with Crippen molar-refractivity contribution in [3.8, 4) is 0 Å². The third kappa shape index (κ3) is 2.98. The summed E-state index contributed by atoms with van der Waals surface area (Å²) < 4.78 is 2.08. The quantitative estimate of drug-likeness (QED) is 0.909. The van der Waals surface area contributed by atoms with Gasteiger partial charge in [0.2, 0.25) is 0 Å². The third-order valence-corrected chi connectivity index (χ3v) is 4.33. The first kappa shape index (κ1) is 12.7. The topological polar surface area (TPSA) is 29.3 Å². The van der Waals surface area contributed by atoms with Gasteiger partial charge >= 0.3 is 0 Å². The Hall–Kier alpha value is -1.35. The van der Waals surface area contributed by atoms with Gasteiger partial charge in [-0.25, -0.2) is 4.98 Å². The van der Waals surface area contributed by atoms with Gasteiger partial charge in [-0.1, -0.05) is 32.3 Å². The molecule has 2 aromatic rings. The molecule has 0 spiro atoms. The van der Waals surface area contributed by atoms with Crippen LogP contribution in [0.3, 0.4) is 0 Å². The van der Waals surface area contributed by atoms with Crippen LogP contribution >= 0.6 is 0 Å². The summed E-state index contributed by atoms with van der Waals surface area (Å²) in [6.07, 6.45) is 11.1. The van der Waals surface area contributed by atoms with Crippen molar-refractivity contribution in [1.82, 2.24) is 14.7 Å². The van der Waals surface area contributed by atoms with E-state index in [1.165, 1.54) is 32.1 Å². The summed E-state index contributed by atoms with van der Waals surface area (Å²) in [5, 5.41) is 3.60. The summed E-state index contributed by atoms with van der Waals surface area (Å²) in [6.45, 7) is 4.40. The van der Waals surface area contributed by atoms with Crippen molar-refractivity contribution >= 4 is 5.65 Å². The van der Waals surface area contributed by atoms with Gasteiger partial charge in [-0.3, -0.25) is 0 Å². The number of hydrogen-bond acceptors (Lipinski definition) is 2. The van der Waals surface area contributed by atoms with Crippen molar-refractivity contribution in [2.24, 2.45) is 5.41 Å². The van der Waals surface area contributed by atoms with Crippen molar-refractivity contribution in [2.45, 2.75) is 45.6 Å². The number of rotatable bonds is 4. The normalized spacial score (nSPS) is 18.8. The molecule has 0 atom stereocenters. The molecule has 3 rings (SSSR count). The standard InChI is InChI=1S/C16H23N3/c1-16(8-4-2-5-9-16)13-17-11-14-12-19-10-6-3-7-15(19)18-14/h3,6-7,10,12,17H,2,4-5,8-9,11,13H2,1H3. The van der Waals surface area contributed by atoms with E-state index < -0.39 is 0 Å². The fraction of sp³-hybridized carbons (Fsp3) is 0.562. The second kappa shape index (κ2) is 5.33. The number of imidazole rings is 1. The SMILES string of the molecule is CC1(CNCc2cn3ccccc3n2)CCCCC1. The van der Waals surface area contributed by atoms with E-state index in [2.05, 4.69) is 27.8 Å². The van der Waals surface area contributed by atoms with E-state index in [-0.39, 0.29) is 0 Å². The number of pyridine rings is 1. The molecule has 0 aromatic carbocycles. The van der Waals surface area contributed by atoms with Crippen LogP contribution in [-0.4, -0.2) is 15.9 Å². The van der Waals surface area contributed by atoms with E-state index in [0.29, 0.717) is 5.41 Å². The fourth-order valence-corrected chi connectivity index (χ4v) is 3.15. The lowest BCUT2D eigenvalue weighted by molar-refractivity contribution is 0.207. The molecule has 3 heteroatoms. The highest BCUT2D eigenvalue weighted by molar-refractivity contribution is 5.39. The molecule has 0 saturated heterocycles. The minimum absolute atomic E-state index is 0.497. The van der Waals surface area contributed by atoms with Gasteiger partial charge in [0.05, 0.1) is 5.69 Å². The van der Waals surface area contributed by atoms with Crippen LogP contribution in [-0.2, 0) is 6.54 Å². The van der Waals surface area contributed by atoms with Crippen LogP contribution in [0.1, 0.15) is 44.7 Å². The van der Waals surface area contributed by atoms with E-state index >= 15 is 0 Å². The molecule has 1 aliphatic rings. The molecule has 0 aliphatic heterocycles. The summed E-state index contributed by atoms with van der Waals surface area (Å²) >= 11 is 0. The van der Waals surface area contributed by atoms with Gasteiger partial charge in [0.25, 0.3) is 0 Å². The van der Waals surface area contributed by atoms with Crippen LogP contribution in [0, 0.1) is 5.41 Å². The summed E-state index contributed by atoms with van der Waals surface area (Å²) in [5.74, 6) is 0. The molecular formula is C16H23N3. The first-order valence-electron chi connectivity index (χ1n) is 7.39. The molecule has 19 heavy (non-hydrogen) atoms. The zero-order chi connectivity index (χ0) is 13.1. The van der Waals surface area contributed by atoms with Gasteiger partial charge in [0, 0.05) is 25.5 Å². The Balaban J connectivity index is 1.57. The fourth-order valence-electron chi connectivity index (χ4n) is 3.15. The second-order valence-corrected chi connectivity index (χ2v) is 6.17. The van der Waals surface area contributed by atoms with E-state index in [1.54, 1.807) is 0 Å². The highest BCUT2D eigenvalue weighted by Gasteiger charge is 2.26. The summed E-state index contributed by atoms with van der Waals surface area (Å²) in [4.78, 5) is 4.62. The predicted molar refractivity (Wildman–Crippen MR) is 78.1 cm³/mol. The molecule has 0 bridgehead atoms. The number of fused-ring (bicyclic) bond motifs is 1. The van der Waals surface area contributed by atoms with Crippen LogP contribution < -0.4 is 5.32 Å². The first-order chi connectivity index (χ1) is 9.25. The van der Waals surface area contributed by atoms with Crippen molar-refractivity contribution in [2.75, 3.05) is 6.54 Å². The molecule has 2 heterocycles. The maximum absolute atomic E-state index is 4.62. The molecule has 1 aliphatic carbocycles. The highest BCUT2D eigenvalue weighted by Crippen LogP contribution is 2.34. The van der Waals surface area contributed by atoms with E-state index in [1.807, 2.05) is 24.4 Å². The monoisotopic (exact) mass is 257 g/mol. The predicted octanol–water partition coefficient (Wildman–Crippen LogP) is 3.39. The number of aromatic nitrogens is 2. The zero-order valence-corrected chi connectivity index (χ0v) is 11.7. The molecule has 3 nitrogen and oxygen atoms in total. The smallest absolute Gasteiger partial charge is 0.137 e. The van der Waals surface area contributed by atoms with Gasteiger partial charge in [0.1, 0.15) is 5.65 Å². The Morgan fingerprint density at radius 2 is 2.11 bits per heavy atom. The molecule has 102 valence electrons. The minimum atomic E-state index is 0.497. The summed E-state index contributed by atoms with van der Waals surface area (Å²) in [7, 11) is 0. The summed E-state index contributed by atoms with van der Waals surface area (Å²) in [5.41, 5.74) is 2.66. The summed E-state index contributed by atoms with van der Waals surface area (Å²) in [6, 6.07) is 6.11. The molecule has 1 N–H and O–H groups in total. The van der Waals surface area contributed by atoms with Gasteiger partial charge in [-0.15, -0.1) is 0 Å².